The Morgan fingerprint density at radius 1 is 0.956 bits per heavy atom. The van der Waals surface area contributed by atoms with E-state index < -0.39 is 0 Å². The van der Waals surface area contributed by atoms with E-state index in [9.17, 15) is 0 Å². The molecule has 3 aliphatic rings. The lowest BCUT2D eigenvalue weighted by atomic mass is 9.87. The van der Waals surface area contributed by atoms with Crippen LogP contribution in [0.1, 0.15) is 34.7 Å². The molecule has 3 aliphatic heterocycles. The van der Waals surface area contributed by atoms with Crippen LogP contribution in [0.5, 0.6) is 34.5 Å². The molecule has 2 atom stereocenters. The van der Waals surface area contributed by atoms with E-state index in [1.54, 1.807) is 27.6 Å². The molecule has 0 fully saturated rings. The van der Waals surface area contributed by atoms with Gasteiger partial charge in [0.15, 0.2) is 23.0 Å². The van der Waals surface area contributed by atoms with Gasteiger partial charge in [-0.2, -0.15) is 0 Å². The van der Waals surface area contributed by atoms with Crippen molar-refractivity contribution in [3.63, 3.8) is 0 Å². The van der Waals surface area contributed by atoms with Crippen LogP contribution in [0.2, 0.25) is 0 Å². The Morgan fingerprint density at radius 3 is 2.40 bits per heavy atom. The molecule has 0 amide bonds. The van der Waals surface area contributed by atoms with Gasteiger partial charge in [-0.1, -0.05) is 24.8 Å². The van der Waals surface area contributed by atoms with Crippen molar-refractivity contribution in [3.05, 3.63) is 95.3 Å². The Hall–Kier alpha value is -3.98. The summed E-state index contributed by atoms with van der Waals surface area (Å²) in [5.74, 6) is 4.10. The Bertz CT molecular complexity index is 1500. The third-order valence-electron chi connectivity index (χ3n) is 8.76. The van der Waals surface area contributed by atoms with Gasteiger partial charge in [0.25, 0.3) is 0 Å². The summed E-state index contributed by atoms with van der Waals surface area (Å²) >= 11 is 0. The average molecular weight is 614 g/mol. The van der Waals surface area contributed by atoms with E-state index in [2.05, 4.69) is 60.1 Å². The molecule has 0 aliphatic carbocycles. The van der Waals surface area contributed by atoms with Crippen molar-refractivity contribution >= 4 is 0 Å². The van der Waals surface area contributed by atoms with Crippen molar-refractivity contribution in [1.82, 2.24) is 15.1 Å². The normalized spacial score (nSPS) is 19.1. The van der Waals surface area contributed by atoms with E-state index in [1.807, 2.05) is 37.4 Å². The Labute approximate surface area is 268 Å². The molecule has 1 N–H and O–H groups in total. The summed E-state index contributed by atoms with van der Waals surface area (Å²) in [4.78, 5) is 4.83. The molecular formula is C37H47N3O5. The summed E-state index contributed by atoms with van der Waals surface area (Å²) in [7, 11) is 11.2. The summed E-state index contributed by atoms with van der Waals surface area (Å²) in [6.45, 7) is 7.33. The van der Waals surface area contributed by atoms with Gasteiger partial charge < -0.3 is 33.9 Å². The Morgan fingerprint density at radius 2 is 1.71 bits per heavy atom. The van der Waals surface area contributed by atoms with E-state index in [0.717, 1.165) is 61.3 Å². The molecule has 2 unspecified atom stereocenters. The number of benzene rings is 3. The minimum absolute atomic E-state index is 0.0229. The molecule has 8 heteroatoms. The van der Waals surface area contributed by atoms with Gasteiger partial charge in [0.2, 0.25) is 5.75 Å². The number of methoxy groups -OCH3 is 3. The summed E-state index contributed by atoms with van der Waals surface area (Å²) < 4.78 is 30.3. The molecular weight excluding hydrogens is 566 g/mol. The topological polar surface area (TPSA) is 64.7 Å². The van der Waals surface area contributed by atoms with Gasteiger partial charge in [-0.25, -0.2) is 0 Å². The van der Waals surface area contributed by atoms with Gasteiger partial charge in [-0.05, 0) is 119 Å². The first kappa shape index (κ1) is 32.4. The van der Waals surface area contributed by atoms with Crippen LogP contribution < -0.4 is 29.0 Å². The van der Waals surface area contributed by atoms with Crippen LogP contribution in [0.4, 0.5) is 0 Å². The Balaban J connectivity index is 1.62. The lowest BCUT2D eigenvalue weighted by Gasteiger charge is -2.39. The zero-order chi connectivity index (χ0) is 31.9. The highest BCUT2D eigenvalue weighted by Gasteiger charge is 2.34. The number of nitrogens with one attached hydrogen (secondary N) is 1. The van der Waals surface area contributed by atoms with Crippen LogP contribution in [0.25, 0.3) is 0 Å². The molecule has 45 heavy (non-hydrogen) atoms. The molecule has 240 valence electrons. The van der Waals surface area contributed by atoms with E-state index in [1.165, 1.54) is 11.1 Å². The number of hydrogen-bond donors (Lipinski definition) is 1. The predicted octanol–water partition coefficient (Wildman–Crippen LogP) is 6.19. The quantitative estimate of drug-likeness (QED) is 0.323. The Kier molecular flexibility index (Phi) is 10.7. The minimum atomic E-state index is -0.0229. The van der Waals surface area contributed by atoms with Crippen molar-refractivity contribution in [2.45, 2.75) is 37.8 Å². The van der Waals surface area contributed by atoms with E-state index >= 15 is 0 Å². The predicted molar refractivity (Wildman–Crippen MR) is 179 cm³/mol. The first-order valence-corrected chi connectivity index (χ1v) is 15.6. The smallest absolute Gasteiger partial charge is 0.204 e. The number of hydrogen-bond acceptors (Lipinski definition) is 8. The van der Waals surface area contributed by atoms with Gasteiger partial charge in [-0.15, -0.1) is 0 Å². The zero-order valence-corrected chi connectivity index (χ0v) is 27.5. The molecule has 0 saturated carbocycles. The second-order valence-electron chi connectivity index (χ2n) is 11.9. The first-order valence-electron chi connectivity index (χ1n) is 15.6. The number of fused-ring (bicyclic) bond motifs is 6. The van der Waals surface area contributed by atoms with Gasteiger partial charge >= 0.3 is 0 Å². The van der Waals surface area contributed by atoms with Gasteiger partial charge in [-0.3, -0.25) is 4.90 Å². The average Bonchev–Trinajstić information content (AvgIpc) is 3.04. The molecule has 3 aromatic carbocycles. The maximum Gasteiger partial charge on any atom is 0.204 e. The van der Waals surface area contributed by atoms with Crippen molar-refractivity contribution < 1.29 is 23.7 Å². The highest BCUT2D eigenvalue weighted by molar-refractivity contribution is 5.61. The van der Waals surface area contributed by atoms with E-state index in [4.69, 9.17) is 23.7 Å². The fourth-order valence-electron chi connectivity index (χ4n) is 6.34. The molecule has 0 radical (unpaired) electrons. The molecule has 3 heterocycles. The van der Waals surface area contributed by atoms with Gasteiger partial charge in [0.1, 0.15) is 5.75 Å². The van der Waals surface area contributed by atoms with Crippen molar-refractivity contribution in [2.75, 3.05) is 62.1 Å². The zero-order valence-electron chi connectivity index (χ0n) is 27.5. The van der Waals surface area contributed by atoms with E-state index in [0.29, 0.717) is 35.2 Å². The molecule has 0 spiro atoms. The summed E-state index contributed by atoms with van der Waals surface area (Å²) in [6, 6.07) is 16.6. The summed E-state index contributed by atoms with van der Waals surface area (Å²) in [5.41, 5.74) is 5.56. The number of likely N-dealkylation sites (N-methyl/N-ethyl adjacent to an activating group) is 1. The number of ether oxygens (including phenoxy) is 5. The van der Waals surface area contributed by atoms with Crippen LogP contribution in [0, 0.1) is 0 Å². The third kappa shape index (κ3) is 7.47. The molecule has 8 nitrogen and oxygen atoms in total. The standard InChI is InChI=1S/C37H47N3O5/c1-25-16-20-44-37-35-28(24-34(42-6)36(37)43-7)15-19-40(18-8-17-39(3)4)31(35)22-26-9-12-29(13-10-26)45-33-23-27(21-30(25)38-2)11-14-32(33)41-5/h9-14,16,20,23-24,30-31,38H,1,8,15,17-19,21-22H2,2-7H3/b20-16+. The van der Waals surface area contributed by atoms with Crippen LogP contribution in [0.15, 0.2) is 73.0 Å². The van der Waals surface area contributed by atoms with Crippen molar-refractivity contribution in [2.24, 2.45) is 0 Å². The second-order valence-corrected chi connectivity index (χ2v) is 11.9. The fourth-order valence-corrected chi connectivity index (χ4v) is 6.34. The summed E-state index contributed by atoms with van der Waals surface area (Å²) in [6.07, 6.45) is 7.14. The SMILES string of the molecule is C=C1/C=C/Oc2c(OC)c(OC)cc3c2C(Cc2ccc(cc2)Oc2cc(ccc2OC)CC1NC)N(CCCN(C)C)CC3. The molecule has 3 aromatic rings. The van der Waals surface area contributed by atoms with Gasteiger partial charge in [0, 0.05) is 24.2 Å². The maximum absolute atomic E-state index is 6.56. The van der Waals surface area contributed by atoms with Crippen molar-refractivity contribution in [3.8, 4) is 34.5 Å². The molecule has 0 saturated heterocycles. The largest absolute Gasteiger partial charge is 0.493 e. The fraction of sp³-hybridized carbons (Fsp3) is 0.405. The van der Waals surface area contributed by atoms with Gasteiger partial charge in [0.05, 0.1) is 27.6 Å². The van der Waals surface area contributed by atoms with Crippen LogP contribution in [0.3, 0.4) is 0 Å². The van der Waals surface area contributed by atoms with E-state index in [-0.39, 0.29) is 12.1 Å². The molecule has 0 aromatic heterocycles. The number of nitrogens with zero attached hydrogens (tertiary/aromatic N) is 2. The number of rotatable bonds is 8. The molecule has 4 bridgehead atoms. The molecule has 6 rings (SSSR count). The highest BCUT2D eigenvalue weighted by Crippen LogP contribution is 2.49. The second kappa shape index (κ2) is 14.9. The lowest BCUT2D eigenvalue weighted by molar-refractivity contribution is 0.171. The maximum atomic E-state index is 6.56. The highest BCUT2D eigenvalue weighted by atomic mass is 16.5. The minimum Gasteiger partial charge on any atom is -0.493 e. The third-order valence-corrected chi connectivity index (χ3v) is 8.76. The van der Waals surface area contributed by atoms with Crippen LogP contribution in [-0.4, -0.2) is 77.9 Å². The van der Waals surface area contributed by atoms with Crippen LogP contribution in [-0.2, 0) is 19.3 Å². The first-order chi connectivity index (χ1) is 21.8. The lowest BCUT2D eigenvalue weighted by Crippen LogP contribution is -2.38. The monoisotopic (exact) mass is 613 g/mol. The summed E-state index contributed by atoms with van der Waals surface area (Å²) in [5, 5.41) is 3.40. The van der Waals surface area contributed by atoms with Crippen LogP contribution >= 0.6 is 0 Å². The van der Waals surface area contributed by atoms with Crippen molar-refractivity contribution in [1.29, 1.82) is 0 Å².